The molecule has 5 atom stereocenters. The molecule has 1 saturated heterocycles. The molecule has 1 aliphatic rings. The fourth-order valence-electron chi connectivity index (χ4n) is 2.05. The Balaban J connectivity index is 2.21. The van der Waals surface area contributed by atoms with Crippen molar-refractivity contribution in [3.63, 3.8) is 0 Å². The summed E-state index contributed by atoms with van der Waals surface area (Å²) in [4.78, 5) is 10.5. The number of carboxylic acid groups (broad SMARTS) is 1. The minimum absolute atomic E-state index is 0.122. The number of nitrogens with two attached hydrogens (primary N) is 1. The van der Waals surface area contributed by atoms with Gasteiger partial charge in [0.15, 0.2) is 0 Å². The summed E-state index contributed by atoms with van der Waals surface area (Å²) in [6, 6.07) is -0.880. The summed E-state index contributed by atoms with van der Waals surface area (Å²) >= 11 is 0. The van der Waals surface area contributed by atoms with E-state index in [1.165, 1.54) is 0 Å². The first kappa shape index (κ1) is 18.2. The third-order valence-electron chi connectivity index (χ3n) is 3.50. The molecule has 9 heteroatoms. The van der Waals surface area contributed by atoms with Crippen molar-refractivity contribution in [2.45, 2.75) is 49.4 Å². The van der Waals surface area contributed by atoms with Crippen LogP contribution in [0, 0.1) is 0 Å². The number of hydrogen-bond acceptors (Lipinski definition) is 8. The second-order valence-corrected chi connectivity index (χ2v) is 5.28. The fraction of sp³-hybridized carbons (Fsp3) is 0.917. The van der Waals surface area contributed by atoms with Crippen LogP contribution in [0.3, 0.4) is 0 Å². The number of ether oxygens (including phenoxy) is 1. The van der Waals surface area contributed by atoms with E-state index < -0.39 is 36.1 Å². The van der Waals surface area contributed by atoms with Gasteiger partial charge < -0.3 is 41.3 Å². The van der Waals surface area contributed by atoms with E-state index in [4.69, 9.17) is 15.6 Å². The Morgan fingerprint density at radius 3 is 2.67 bits per heavy atom. The van der Waals surface area contributed by atoms with Gasteiger partial charge in [-0.15, -0.1) is 0 Å². The molecule has 0 radical (unpaired) electrons. The van der Waals surface area contributed by atoms with Gasteiger partial charge in [-0.1, -0.05) is 6.42 Å². The van der Waals surface area contributed by atoms with Gasteiger partial charge in [-0.2, -0.15) is 0 Å². The average molecular weight is 308 g/mol. The third-order valence-corrected chi connectivity index (χ3v) is 3.50. The zero-order chi connectivity index (χ0) is 16.0. The smallest absolute Gasteiger partial charge is 0.320 e. The maximum absolute atomic E-state index is 10.5. The third kappa shape index (κ3) is 5.15. The van der Waals surface area contributed by atoms with Crippen LogP contribution < -0.4 is 11.1 Å². The number of unbranched alkanes of at least 4 members (excludes halogenated alkanes) is 1. The largest absolute Gasteiger partial charge is 0.480 e. The first-order valence-corrected chi connectivity index (χ1v) is 6.87. The van der Waals surface area contributed by atoms with Gasteiger partial charge in [0.2, 0.25) is 5.79 Å². The second-order valence-electron chi connectivity index (χ2n) is 5.28. The summed E-state index contributed by atoms with van der Waals surface area (Å²) in [6.07, 6.45) is -2.74. The Hall–Kier alpha value is -0.810. The van der Waals surface area contributed by atoms with Crippen LogP contribution in [0.5, 0.6) is 0 Å². The van der Waals surface area contributed by atoms with Crippen molar-refractivity contribution in [2.75, 3.05) is 19.7 Å². The summed E-state index contributed by atoms with van der Waals surface area (Å²) in [7, 11) is 0. The zero-order valence-electron chi connectivity index (χ0n) is 11.7. The van der Waals surface area contributed by atoms with E-state index in [-0.39, 0.29) is 13.2 Å². The van der Waals surface area contributed by atoms with Crippen LogP contribution in [0.25, 0.3) is 0 Å². The normalized spacial score (nSPS) is 34.6. The molecule has 0 aromatic carbocycles. The van der Waals surface area contributed by atoms with Crippen molar-refractivity contribution in [1.29, 1.82) is 0 Å². The van der Waals surface area contributed by atoms with Crippen LogP contribution in [0.15, 0.2) is 0 Å². The Morgan fingerprint density at radius 1 is 1.38 bits per heavy atom. The average Bonchev–Trinajstić information content (AvgIpc) is 2.44. The molecule has 1 fully saturated rings. The van der Waals surface area contributed by atoms with Gasteiger partial charge in [-0.25, -0.2) is 0 Å². The molecular weight excluding hydrogens is 284 g/mol. The van der Waals surface area contributed by atoms with Crippen LogP contribution in [-0.2, 0) is 9.53 Å². The van der Waals surface area contributed by atoms with E-state index in [0.717, 1.165) is 0 Å². The number of aliphatic carboxylic acids is 1. The van der Waals surface area contributed by atoms with Crippen molar-refractivity contribution in [3.05, 3.63) is 0 Å². The van der Waals surface area contributed by atoms with Crippen LogP contribution in [-0.4, -0.2) is 81.3 Å². The molecule has 124 valence electrons. The number of carboxylic acids is 1. The van der Waals surface area contributed by atoms with Gasteiger partial charge in [0, 0.05) is 0 Å². The van der Waals surface area contributed by atoms with Gasteiger partial charge in [-0.05, 0) is 19.4 Å². The molecule has 2 unspecified atom stereocenters. The predicted molar refractivity (Wildman–Crippen MR) is 71.3 cm³/mol. The molecule has 1 rings (SSSR count). The molecule has 1 heterocycles. The van der Waals surface area contributed by atoms with Crippen LogP contribution in [0.1, 0.15) is 19.3 Å². The molecule has 0 saturated carbocycles. The standard InChI is InChI=1S/C12H24N2O7/c13-7(11(18)19)3-1-2-4-14-6-12(20)10(17)9(16)8(15)5-21-12/h7-10,14-17,20H,1-6,13H2,(H,18,19)/t7-,8-,9?,10?,12+/m0/s1. The molecule has 0 bridgehead atoms. The molecular formula is C12H24N2O7. The summed E-state index contributed by atoms with van der Waals surface area (Å²) in [5.41, 5.74) is 5.35. The molecule has 0 amide bonds. The zero-order valence-corrected chi connectivity index (χ0v) is 11.7. The number of hydrogen-bond donors (Lipinski definition) is 7. The predicted octanol–water partition coefficient (Wildman–Crippen LogP) is -3.04. The van der Waals surface area contributed by atoms with E-state index >= 15 is 0 Å². The van der Waals surface area contributed by atoms with Crippen LogP contribution in [0.2, 0.25) is 0 Å². The van der Waals surface area contributed by atoms with Crippen molar-refractivity contribution in [2.24, 2.45) is 5.73 Å². The lowest BCUT2D eigenvalue weighted by Gasteiger charge is -2.41. The maximum Gasteiger partial charge on any atom is 0.320 e. The Bertz CT molecular complexity index is 344. The van der Waals surface area contributed by atoms with Crippen LogP contribution in [0.4, 0.5) is 0 Å². The number of aliphatic hydroxyl groups excluding tert-OH is 3. The van der Waals surface area contributed by atoms with Crippen LogP contribution >= 0.6 is 0 Å². The minimum atomic E-state index is -1.96. The SMILES string of the molecule is N[C@@H](CCCCNC[C@@]1(O)OC[C@H](O)C(O)C1O)C(=O)O. The summed E-state index contributed by atoms with van der Waals surface area (Å²) < 4.78 is 4.97. The minimum Gasteiger partial charge on any atom is -0.480 e. The lowest BCUT2D eigenvalue weighted by molar-refractivity contribution is -0.317. The van der Waals surface area contributed by atoms with Gasteiger partial charge in [0.05, 0.1) is 13.2 Å². The Kier molecular flexibility index (Phi) is 6.94. The van der Waals surface area contributed by atoms with E-state index in [9.17, 15) is 25.2 Å². The van der Waals surface area contributed by atoms with E-state index in [1.54, 1.807) is 0 Å². The first-order chi connectivity index (χ1) is 9.78. The lowest BCUT2D eigenvalue weighted by Crippen LogP contribution is -2.64. The number of nitrogens with one attached hydrogen (secondary N) is 1. The molecule has 9 nitrogen and oxygen atoms in total. The van der Waals surface area contributed by atoms with E-state index in [1.807, 2.05) is 0 Å². The van der Waals surface area contributed by atoms with Crippen molar-refractivity contribution in [3.8, 4) is 0 Å². The molecule has 8 N–H and O–H groups in total. The molecule has 0 aromatic heterocycles. The van der Waals surface area contributed by atoms with Gasteiger partial charge in [-0.3, -0.25) is 4.79 Å². The number of aliphatic hydroxyl groups is 4. The Labute approximate surface area is 122 Å². The maximum atomic E-state index is 10.5. The highest BCUT2D eigenvalue weighted by Gasteiger charge is 2.47. The second kappa shape index (κ2) is 7.99. The highest BCUT2D eigenvalue weighted by atomic mass is 16.6. The monoisotopic (exact) mass is 308 g/mol. The van der Waals surface area contributed by atoms with E-state index in [2.05, 4.69) is 5.32 Å². The van der Waals surface area contributed by atoms with Gasteiger partial charge >= 0.3 is 5.97 Å². The molecule has 0 spiro atoms. The molecule has 21 heavy (non-hydrogen) atoms. The van der Waals surface area contributed by atoms with Crippen molar-refractivity contribution >= 4 is 5.97 Å². The van der Waals surface area contributed by atoms with Crippen molar-refractivity contribution < 1.29 is 35.1 Å². The summed E-state index contributed by atoms with van der Waals surface area (Å²) in [5, 5.41) is 50.0. The number of rotatable bonds is 8. The highest BCUT2D eigenvalue weighted by Crippen LogP contribution is 2.23. The molecule has 1 aliphatic heterocycles. The molecule has 0 aromatic rings. The fourth-order valence-corrected chi connectivity index (χ4v) is 2.05. The summed E-state index contributed by atoms with van der Waals surface area (Å²) in [5.74, 6) is -3.00. The van der Waals surface area contributed by atoms with Crippen molar-refractivity contribution in [1.82, 2.24) is 5.32 Å². The topological polar surface area (TPSA) is 166 Å². The Morgan fingerprint density at radius 2 is 2.05 bits per heavy atom. The molecule has 0 aliphatic carbocycles. The number of carbonyl (C=O) groups is 1. The summed E-state index contributed by atoms with van der Waals surface area (Å²) in [6.45, 7) is 0.0657. The van der Waals surface area contributed by atoms with E-state index in [0.29, 0.717) is 25.8 Å². The quantitative estimate of drug-likeness (QED) is 0.231. The highest BCUT2D eigenvalue weighted by molar-refractivity contribution is 5.72. The lowest BCUT2D eigenvalue weighted by atomic mass is 9.97. The van der Waals surface area contributed by atoms with Gasteiger partial charge in [0.1, 0.15) is 24.4 Å². The first-order valence-electron chi connectivity index (χ1n) is 6.87. The van der Waals surface area contributed by atoms with Gasteiger partial charge in [0.25, 0.3) is 0 Å².